The number of hydrogen-bond acceptors (Lipinski definition) is 1. The average molecular weight is 408 g/mol. The summed E-state index contributed by atoms with van der Waals surface area (Å²) in [7, 11) is 1.81. The molecule has 0 aliphatic rings. The Bertz CT molecular complexity index is 663. The van der Waals surface area contributed by atoms with Gasteiger partial charge in [0.25, 0.3) is 0 Å². The molecule has 0 aliphatic carbocycles. The van der Waals surface area contributed by atoms with Crippen LogP contribution in [0.5, 0.6) is 0 Å². The lowest BCUT2D eigenvalue weighted by atomic mass is 9.85. The number of nitrogens with zero attached hydrogens (tertiary/aromatic N) is 1. The third kappa shape index (κ3) is 3.80. The number of amides is 2. The molecule has 0 saturated heterocycles. The maximum Gasteiger partial charge on any atom is 0.326 e. The Kier molecular flexibility index (Phi) is 5.11. The third-order valence-electron chi connectivity index (χ3n) is 3.46. The molecule has 0 spiro atoms. The van der Waals surface area contributed by atoms with Crippen molar-refractivity contribution in [2.24, 2.45) is 0 Å². The van der Waals surface area contributed by atoms with E-state index < -0.39 is 0 Å². The molecule has 0 radical (unpaired) electrons. The Morgan fingerprint density at radius 3 is 2.27 bits per heavy atom. The van der Waals surface area contributed by atoms with E-state index >= 15 is 0 Å². The summed E-state index contributed by atoms with van der Waals surface area (Å²) in [6.45, 7) is 6.47. The highest BCUT2D eigenvalue weighted by Crippen LogP contribution is 2.35. The molecule has 22 heavy (non-hydrogen) atoms. The van der Waals surface area contributed by atoms with E-state index in [-0.39, 0.29) is 11.4 Å². The molecule has 0 bridgehead atoms. The molecule has 0 aromatic heterocycles. The number of para-hydroxylation sites is 2. The number of hydrogen-bond donors (Lipinski definition) is 1. The number of nitrogens with one attached hydrogen (secondary N) is 1. The van der Waals surface area contributed by atoms with E-state index in [1.54, 1.807) is 4.90 Å². The van der Waals surface area contributed by atoms with Crippen LogP contribution in [0.2, 0.25) is 0 Å². The summed E-state index contributed by atoms with van der Waals surface area (Å²) in [5.74, 6) is 0. The summed E-state index contributed by atoms with van der Waals surface area (Å²) < 4.78 is 1.07. The number of benzene rings is 2. The molecule has 0 aliphatic heterocycles. The Balaban J connectivity index is 2.33. The summed E-state index contributed by atoms with van der Waals surface area (Å²) >= 11 is 2.28. The third-order valence-corrected chi connectivity index (χ3v) is 4.33. The number of rotatable bonds is 2. The highest BCUT2D eigenvalue weighted by Gasteiger charge is 2.24. The highest BCUT2D eigenvalue weighted by atomic mass is 127. The lowest BCUT2D eigenvalue weighted by molar-refractivity contribution is 0.258. The quantitative estimate of drug-likeness (QED) is 0.676. The lowest BCUT2D eigenvalue weighted by Crippen LogP contribution is -2.33. The number of anilines is 2. The van der Waals surface area contributed by atoms with Gasteiger partial charge in [-0.15, -0.1) is 0 Å². The molecular formula is C18H21IN2O. The van der Waals surface area contributed by atoms with E-state index in [4.69, 9.17) is 0 Å². The lowest BCUT2D eigenvalue weighted by Gasteiger charge is -2.29. The van der Waals surface area contributed by atoms with Crippen LogP contribution < -0.4 is 10.2 Å². The largest absolute Gasteiger partial charge is 0.326 e. The molecular weight excluding hydrogens is 387 g/mol. The van der Waals surface area contributed by atoms with Crippen LogP contribution in [0.1, 0.15) is 26.3 Å². The number of urea groups is 1. The molecule has 2 amide bonds. The molecule has 116 valence electrons. The standard InChI is InChI=1S/C18H21IN2O/c1-18(2,3)14-11-8-12-15(19)16(14)21(4)17(22)20-13-9-6-5-7-10-13/h5-12H,1-4H3,(H,20,22). The predicted octanol–water partition coefficient (Wildman–Crippen LogP) is 5.26. The first-order chi connectivity index (χ1) is 10.3. The van der Waals surface area contributed by atoms with Gasteiger partial charge < -0.3 is 5.32 Å². The van der Waals surface area contributed by atoms with Crippen LogP contribution in [0, 0.1) is 3.57 Å². The Hall–Kier alpha value is -1.56. The summed E-state index contributed by atoms with van der Waals surface area (Å²) in [4.78, 5) is 14.2. The fraction of sp³-hybridized carbons (Fsp3) is 0.278. The second kappa shape index (κ2) is 6.69. The zero-order valence-electron chi connectivity index (χ0n) is 13.4. The summed E-state index contributed by atoms with van der Waals surface area (Å²) in [6, 6.07) is 15.5. The van der Waals surface area contributed by atoms with Gasteiger partial charge in [-0.2, -0.15) is 0 Å². The van der Waals surface area contributed by atoms with E-state index in [0.717, 1.165) is 20.5 Å². The molecule has 0 unspecified atom stereocenters. The van der Waals surface area contributed by atoms with Crippen molar-refractivity contribution < 1.29 is 4.79 Å². The van der Waals surface area contributed by atoms with E-state index in [2.05, 4.69) is 54.7 Å². The van der Waals surface area contributed by atoms with Gasteiger partial charge in [0.1, 0.15) is 0 Å². The van der Waals surface area contributed by atoms with E-state index in [1.807, 2.05) is 49.5 Å². The number of carbonyl (C=O) groups is 1. The molecule has 2 rings (SSSR count). The second-order valence-electron chi connectivity index (χ2n) is 6.24. The normalized spacial score (nSPS) is 11.1. The molecule has 0 fully saturated rings. The molecule has 0 heterocycles. The molecule has 2 aromatic rings. The van der Waals surface area contributed by atoms with E-state index in [1.165, 1.54) is 0 Å². The average Bonchev–Trinajstić information content (AvgIpc) is 2.46. The van der Waals surface area contributed by atoms with Gasteiger partial charge in [0, 0.05) is 16.3 Å². The summed E-state index contributed by atoms with van der Waals surface area (Å²) in [6.07, 6.45) is 0. The van der Waals surface area contributed by atoms with Crippen molar-refractivity contribution in [2.75, 3.05) is 17.3 Å². The first-order valence-electron chi connectivity index (χ1n) is 7.19. The van der Waals surface area contributed by atoms with E-state index in [9.17, 15) is 4.79 Å². The molecule has 0 saturated carbocycles. The van der Waals surface area contributed by atoms with Gasteiger partial charge in [-0.3, -0.25) is 4.90 Å². The van der Waals surface area contributed by atoms with Gasteiger partial charge in [0.15, 0.2) is 0 Å². The number of carbonyl (C=O) groups excluding carboxylic acids is 1. The minimum atomic E-state index is -0.138. The van der Waals surface area contributed by atoms with Crippen molar-refractivity contribution in [3.8, 4) is 0 Å². The van der Waals surface area contributed by atoms with Gasteiger partial charge >= 0.3 is 6.03 Å². The van der Waals surface area contributed by atoms with Gasteiger partial charge in [-0.05, 0) is 51.8 Å². The van der Waals surface area contributed by atoms with Crippen molar-refractivity contribution in [3.05, 3.63) is 57.7 Å². The predicted molar refractivity (Wildman–Crippen MR) is 102 cm³/mol. The van der Waals surface area contributed by atoms with Crippen molar-refractivity contribution in [2.45, 2.75) is 26.2 Å². The molecule has 3 nitrogen and oxygen atoms in total. The number of halogens is 1. The van der Waals surface area contributed by atoms with Crippen LogP contribution in [0.15, 0.2) is 48.5 Å². The van der Waals surface area contributed by atoms with Gasteiger partial charge in [0.2, 0.25) is 0 Å². The van der Waals surface area contributed by atoms with E-state index in [0.29, 0.717) is 0 Å². The first-order valence-corrected chi connectivity index (χ1v) is 8.27. The zero-order chi connectivity index (χ0) is 16.3. The smallest absolute Gasteiger partial charge is 0.308 e. The fourth-order valence-electron chi connectivity index (χ4n) is 2.29. The van der Waals surface area contributed by atoms with Crippen molar-refractivity contribution in [3.63, 3.8) is 0 Å². The fourth-order valence-corrected chi connectivity index (χ4v) is 3.15. The van der Waals surface area contributed by atoms with Crippen LogP contribution in [0.25, 0.3) is 0 Å². The van der Waals surface area contributed by atoms with Crippen molar-refractivity contribution in [1.82, 2.24) is 0 Å². The second-order valence-corrected chi connectivity index (χ2v) is 7.40. The Labute approximate surface area is 145 Å². The first kappa shape index (κ1) is 16.8. The van der Waals surface area contributed by atoms with Crippen LogP contribution in [0.4, 0.5) is 16.2 Å². The monoisotopic (exact) mass is 408 g/mol. The Morgan fingerprint density at radius 1 is 1.05 bits per heavy atom. The van der Waals surface area contributed by atoms with Gasteiger partial charge in [0.05, 0.1) is 5.69 Å². The minimum Gasteiger partial charge on any atom is -0.308 e. The maximum absolute atomic E-state index is 12.6. The van der Waals surface area contributed by atoms with Crippen LogP contribution >= 0.6 is 22.6 Å². The molecule has 0 atom stereocenters. The summed E-state index contributed by atoms with van der Waals surface area (Å²) in [5, 5.41) is 2.93. The topological polar surface area (TPSA) is 32.3 Å². The van der Waals surface area contributed by atoms with Crippen LogP contribution in [-0.2, 0) is 5.41 Å². The Morgan fingerprint density at radius 2 is 1.68 bits per heavy atom. The van der Waals surface area contributed by atoms with Crippen LogP contribution in [0.3, 0.4) is 0 Å². The van der Waals surface area contributed by atoms with Crippen LogP contribution in [-0.4, -0.2) is 13.1 Å². The SMILES string of the molecule is CN(C(=O)Nc1ccccc1)c1c(I)cccc1C(C)(C)C. The molecule has 4 heteroatoms. The van der Waals surface area contributed by atoms with Gasteiger partial charge in [-0.25, -0.2) is 4.79 Å². The van der Waals surface area contributed by atoms with Gasteiger partial charge in [-0.1, -0.05) is 51.1 Å². The summed E-state index contributed by atoms with van der Waals surface area (Å²) in [5.41, 5.74) is 2.88. The van der Waals surface area contributed by atoms with Crippen molar-refractivity contribution in [1.29, 1.82) is 0 Å². The maximum atomic E-state index is 12.6. The molecule has 2 aromatic carbocycles. The van der Waals surface area contributed by atoms with Crippen molar-refractivity contribution >= 4 is 40.0 Å². The zero-order valence-corrected chi connectivity index (χ0v) is 15.5. The highest BCUT2D eigenvalue weighted by molar-refractivity contribution is 14.1. The molecule has 1 N–H and O–H groups in total. The minimum absolute atomic E-state index is 0.0300.